The van der Waals surface area contributed by atoms with Crippen LogP contribution in [0.5, 0.6) is 0 Å². The summed E-state index contributed by atoms with van der Waals surface area (Å²) in [6.07, 6.45) is -4.49. The average molecular weight is 284 g/mol. The lowest BCUT2D eigenvalue weighted by Crippen LogP contribution is -2.38. The van der Waals surface area contributed by atoms with Crippen molar-refractivity contribution in [3.8, 4) is 0 Å². The first-order valence-corrected chi connectivity index (χ1v) is 5.43. The van der Waals surface area contributed by atoms with Crippen LogP contribution < -0.4 is 0 Å². The van der Waals surface area contributed by atoms with E-state index in [-0.39, 0.29) is 17.1 Å². The van der Waals surface area contributed by atoms with Crippen molar-refractivity contribution in [1.29, 1.82) is 0 Å². The fraction of sp³-hybridized carbons (Fsp3) is 0.364. The molecule has 0 N–H and O–H groups in total. The number of alkyl halides is 3. The number of carbonyl (C=O) groups is 1. The second-order valence-electron chi connectivity index (χ2n) is 3.56. The van der Waals surface area contributed by atoms with Crippen LogP contribution in [0.25, 0.3) is 0 Å². The smallest absolute Gasteiger partial charge is 0.330 e. The highest BCUT2D eigenvalue weighted by Gasteiger charge is 2.33. The van der Waals surface area contributed by atoms with Gasteiger partial charge in [-0.05, 0) is 25.1 Å². The van der Waals surface area contributed by atoms with E-state index >= 15 is 0 Å². The van der Waals surface area contributed by atoms with Crippen molar-refractivity contribution in [3.05, 3.63) is 34.6 Å². The van der Waals surface area contributed by atoms with Gasteiger partial charge in [0.25, 0.3) is 5.91 Å². The van der Waals surface area contributed by atoms with Crippen molar-refractivity contribution < 1.29 is 22.4 Å². The molecular weight excluding hydrogens is 274 g/mol. The highest BCUT2D eigenvalue weighted by atomic mass is 35.5. The average Bonchev–Trinajstić information content (AvgIpc) is 2.24. The van der Waals surface area contributed by atoms with Crippen molar-refractivity contribution in [1.82, 2.24) is 4.90 Å². The molecule has 0 aromatic heterocycles. The van der Waals surface area contributed by atoms with Gasteiger partial charge in [-0.1, -0.05) is 11.6 Å². The Morgan fingerprint density at radius 3 is 2.44 bits per heavy atom. The molecule has 0 aliphatic carbocycles. The summed E-state index contributed by atoms with van der Waals surface area (Å²) >= 11 is 5.63. The van der Waals surface area contributed by atoms with Crippen molar-refractivity contribution in [2.24, 2.45) is 0 Å². The Morgan fingerprint density at radius 2 is 2.00 bits per heavy atom. The van der Waals surface area contributed by atoms with Gasteiger partial charge in [0, 0.05) is 6.54 Å². The van der Waals surface area contributed by atoms with Gasteiger partial charge in [-0.15, -0.1) is 0 Å². The summed E-state index contributed by atoms with van der Waals surface area (Å²) < 4.78 is 49.5. The van der Waals surface area contributed by atoms with Crippen molar-refractivity contribution in [2.75, 3.05) is 13.1 Å². The van der Waals surface area contributed by atoms with Gasteiger partial charge < -0.3 is 4.90 Å². The number of carbonyl (C=O) groups excluding carboxylic acids is 1. The SMILES string of the molecule is CCN(CC(F)(F)F)C(=O)c1ccc(F)cc1Cl. The number of hydrogen-bond donors (Lipinski definition) is 0. The van der Waals surface area contributed by atoms with E-state index in [1.165, 1.54) is 6.92 Å². The molecule has 0 saturated carbocycles. The molecule has 0 bridgehead atoms. The number of rotatable bonds is 3. The predicted octanol–water partition coefficient (Wildman–Crippen LogP) is 3.50. The van der Waals surface area contributed by atoms with Crippen LogP contribution in [0.15, 0.2) is 18.2 Å². The van der Waals surface area contributed by atoms with Gasteiger partial charge in [0.05, 0.1) is 10.6 Å². The van der Waals surface area contributed by atoms with Gasteiger partial charge >= 0.3 is 6.18 Å². The monoisotopic (exact) mass is 283 g/mol. The maximum atomic E-state index is 12.8. The summed E-state index contributed by atoms with van der Waals surface area (Å²) in [7, 11) is 0. The Bertz CT molecular complexity index is 447. The zero-order valence-electron chi connectivity index (χ0n) is 9.39. The van der Waals surface area contributed by atoms with Gasteiger partial charge in [-0.25, -0.2) is 4.39 Å². The molecule has 0 radical (unpaired) electrons. The minimum atomic E-state index is -4.49. The normalized spacial score (nSPS) is 11.4. The molecule has 0 fully saturated rings. The molecule has 0 unspecified atom stereocenters. The van der Waals surface area contributed by atoms with E-state index in [4.69, 9.17) is 11.6 Å². The van der Waals surface area contributed by atoms with Crippen LogP contribution in [-0.2, 0) is 0 Å². The number of amides is 1. The zero-order chi connectivity index (χ0) is 13.9. The molecule has 18 heavy (non-hydrogen) atoms. The van der Waals surface area contributed by atoms with Crippen LogP contribution in [0.3, 0.4) is 0 Å². The molecule has 2 nitrogen and oxygen atoms in total. The lowest BCUT2D eigenvalue weighted by molar-refractivity contribution is -0.140. The van der Waals surface area contributed by atoms with E-state index in [1.54, 1.807) is 0 Å². The topological polar surface area (TPSA) is 20.3 Å². The van der Waals surface area contributed by atoms with Crippen LogP contribution in [0, 0.1) is 5.82 Å². The summed E-state index contributed by atoms with van der Waals surface area (Å²) in [5, 5.41) is -0.208. The predicted molar refractivity (Wildman–Crippen MR) is 59.0 cm³/mol. The molecule has 1 rings (SSSR count). The molecular formula is C11H10ClF4NO. The minimum Gasteiger partial charge on any atom is -0.330 e. The van der Waals surface area contributed by atoms with E-state index < -0.39 is 24.4 Å². The Hall–Kier alpha value is -1.30. The molecule has 0 aliphatic rings. The molecule has 1 aromatic rings. The summed E-state index contributed by atoms with van der Waals surface area (Å²) in [4.78, 5) is 12.4. The largest absolute Gasteiger partial charge is 0.406 e. The third-order valence-corrected chi connectivity index (χ3v) is 2.51. The van der Waals surface area contributed by atoms with E-state index in [0.29, 0.717) is 4.90 Å². The van der Waals surface area contributed by atoms with E-state index in [0.717, 1.165) is 18.2 Å². The summed E-state index contributed by atoms with van der Waals surface area (Å²) in [5.74, 6) is -1.53. The standard InChI is InChI=1S/C11H10ClF4NO/c1-2-17(6-11(14,15)16)10(18)8-4-3-7(13)5-9(8)12/h3-5H,2,6H2,1H3. The molecule has 7 heteroatoms. The van der Waals surface area contributed by atoms with Crippen LogP contribution in [-0.4, -0.2) is 30.1 Å². The molecule has 0 heterocycles. The third kappa shape index (κ3) is 3.87. The van der Waals surface area contributed by atoms with Crippen LogP contribution in [0.2, 0.25) is 5.02 Å². The maximum Gasteiger partial charge on any atom is 0.406 e. The second-order valence-corrected chi connectivity index (χ2v) is 3.97. The lowest BCUT2D eigenvalue weighted by Gasteiger charge is -2.22. The van der Waals surface area contributed by atoms with Crippen molar-refractivity contribution >= 4 is 17.5 Å². The summed E-state index contributed by atoms with van der Waals surface area (Å²) in [5.41, 5.74) is -0.149. The molecule has 100 valence electrons. The van der Waals surface area contributed by atoms with Gasteiger partial charge in [-0.2, -0.15) is 13.2 Å². The summed E-state index contributed by atoms with van der Waals surface area (Å²) in [6.45, 7) is -0.0663. The van der Waals surface area contributed by atoms with Gasteiger partial charge in [-0.3, -0.25) is 4.79 Å². The first-order valence-electron chi connectivity index (χ1n) is 5.05. The number of hydrogen-bond acceptors (Lipinski definition) is 1. The van der Waals surface area contributed by atoms with E-state index in [9.17, 15) is 22.4 Å². The van der Waals surface area contributed by atoms with Crippen molar-refractivity contribution in [3.63, 3.8) is 0 Å². The van der Waals surface area contributed by atoms with E-state index in [1.807, 2.05) is 0 Å². The molecule has 0 atom stereocenters. The number of halogens is 5. The Morgan fingerprint density at radius 1 is 1.39 bits per heavy atom. The Kier molecular flexibility index (Phi) is 4.56. The molecule has 1 aromatic carbocycles. The fourth-order valence-corrected chi connectivity index (χ4v) is 1.62. The first-order chi connectivity index (χ1) is 8.24. The Labute approximate surface area is 106 Å². The number of nitrogens with zero attached hydrogens (tertiary/aromatic N) is 1. The van der Waals surface area contributed by atoms with Crippen LogP contribution in [0.1, 0.15) is 17.3 Å². The van der Waals surface area contributed by atoms with Crippen molar-refractivity contribution in [2.45, 2.75) is 13.1 Å². The Balaban J connectivity index is 2.97. The molecule has 0 aliphatic heterocycles. The second kappa shape index (κ2) is 5.56. The van der Waals surface area contributed by atoms with Gasteiger partial charge in [0.1, 0.15) is 12.4 Å². The highest BCUT2D eigenvalue weighted by molar-refractivity contribution is 6.33. The maximum absolute atomic E-state index is 12.8. The molecule has 0 saturated heterocycles. The zero-order valence-corrected chi connectivity index (χ0v) is 10.1. The summed E-state index contributed by atoms with van der Waals surface area (Å²) in [6, 6.07) is 2.93. The fourth-order valence-electron chi connectivity index (χ4n) is 1.38. The van der Waals surface area contributed by atoms with Crippen LogP contribution >= 0.6 is 11.6 Å². The molecule has 1 amide bonds. The first kappa shape index (κ1) is 14.8. The third-order valence-electron chi connectivity index (χ3n) is 2.20. The lowest BCUT2D eigenvalue weighted by atomic mass is 10.2. The quantitative estimate of drug-likeness (QED) is 0.778. The minimum absolute atomic E-state index is 0.119. The highest BCUT2D eigenvalue weighted by Crippen LogP contribution is 2.22. The van der Waals surface area contributed by atoms with Crippen LogP contribution in [0.4, 0.5) is 17.6 Å². The van der Waals surface area contributed by atoms with Gasteiger partial charge in [0.15, 0.2) is 0 Å². The molecule has 0 spiro atoms. The number of benzene rings is 1. The van der Waals surface area contributed by atoms with E-state index in [2.05, 4.69) is 0 Å². The van der Waals surface area contributed by atoms with Gasteiger partial charge in [0.2, 0.25) is 0 Å².